The number of carboxylic acids is 2. The molecule has 0 bridgehead atoms. The minimum absolute atomic E-state index is 0.0297. The molecule has 0 fully saturated rings. The summed E-state index contributed by atoms with van der Waals surface area (Å²) in [5.74, 6) is -0.887. The van der Waals surface area contributed by atoms with Crippen molar-refractivity contribution in [2.45, 2.75) is 71.1 Å². The van der Waals surface area contributed by atoms with Crippen molar-refractivity contribution in [3.63, 3.8) is 0 Å². The number of aliphatic carboxylic acids is 2. The van der Waals surface area contributed by atoms with Crippen LogP contribution in [-0.2, 0) is 9.59 Å². The number of thioether (sulfide) groups is 1. The van der Waals surface area contributed by atoms with E-state index in [-0.39, 0.29) is 25.9 Å². The highest BCUT2D eigenvalue weighted by molar-refractivity contribution is 8.22. The number of nitrogens with zero attached hydrogens (tertiary/aromatic N) is 1. The average Bonchev–Trinajstić information content (AvgIpc) is 2.52. The van der Waals surface area contributed by atoms with Gasteiger partial charge in [0, 0.05) is 18.8 Å². The molecule has 0 radical (unpaired) electrons. The molecular formula is C17H31NO4S2. The summed E-state index contributed by atoms with van der Waals surface area (Å²) in [6.45, 7) is 2.76. The fourth-order valence-electron chi connectivity index (χ4n) is 2.24. The minimum Gasteiger partial charge on any atom is -0.481 e. The first-order valence-electron chi connectivity index (χ1n) is 8.82. The molecule has 0 amide bonds. The summed E-state index contributed by atoms with van der Waals surface area (Å²) < 4.78 is 0.612. The van der Waals surface area contributed by atoms with Crippen molar-refractivity contribution in [3.05, 3.63) is 0 Å². The van der Waals surface area contributed by atoms with Crippen molar-refractivity contribution in [1.29, 1.82) is 0 Å². The molecule has 0 aromatic heterocycles. The van der Waals surface area contributed by atoms with Crippen LogP contribution in [0, 0.1) is 0 Å². The van der Waals surface area contributed by atoms with Crippen LogP contribution in [0.2, 0.25) is 0 Å². The van der Waals surface area contributed by atoms with Crippen LogP contribution in [-0.4, -0.2) is 50.2 Å². The molecule has 5 nitrogen and oxygen atoms in total. The third-order valence-corrected chi connectivity index (χ3v) is 5.28. The van der Waals surface area contributed by atoms with Crippen LogP contribution in [0.1, 0.15) is 71.1 Å². The average molecular weight is 378 g/mol. The van der Waals surface area contributed by atoms with E-state index in [0.29, 0.717) is 4.32 Å². The van der Waals surface area contributed by atoms with Gasteiger partial charge in [-0.1, -0.05) is 75.8 Å². The molecule has 0 aromatic carbocycles. The minimum atomic E-state index is -0.897. The van der Waals surface area contributed by atoms with E-state index in [1.807, 2.05) is 0 Å². The van der Waals surface area contributed by atoms with Gasteiger partial charge in [0.15, 0.2) is 0 Å². The van der Waals surface area contributed by atoms with Gasteiger partial charge in [-0.3, -0.25) is 9.59 Å². The Labute approximate surface area is 155 Å². The Kier molecular flexibility index (Phi) is 15.2. The smallest absolute Gasteiger partial charge is 0.305 e. The number of hydrogen-bond donors (Lipinski definition) is 2. The molecule has 24 heavy (non-hydrogen) atoms. The van der Waals surface area contributed by atoms with Gasteiger partial charge >= 0.3 is 11.9 Å². The van der Waals surface area contributed by atoms with Crippen molar-refractivity contribution in [1.82, 2.24) is 4.90 Å². The molecular weight excluding hydrogens is 346 g/mol. The van der Waals surface area contributed by atoms with Gasteiger partial charge in [0.05, 0.1) is 12.8 Å². The van der Waals surface area contributed by atoms with Crippen LogP contribution >= 0.6 is 24.0 Å². The largest absolute Gasteiger partial charge is 0.481 e. The van der Waals surface area contributed by atoms with Crippen LogP contribution in [0.25, 0.3) is 0 Å². The van der Waals surface area contributed by atoms with Crippen molar-refractivity contribution < 1.29 is 19.8 Å². The van der Waals surface area contributed by atoms with Gasteiger partial charge in [-0.2, -0.15) is 0 Å². The summed E-state index contributed by atoms with van der Waals surface area (Å²) in [7, 11) is 0. The van der Waals surface area contributed by atoms with Gasteiger partial charge in [0.2, 0.25) is 0 Å². The molecule has 2 N–H and O–H groups in total. The van der Waals surface area contributed by atoms with E-state index in [4.69, 9.17) is 22.4 Å². The third-order valence-electron chi connectivity index (χ3n) is 3.67. The van der Waals surface area contributed by atoms with Gasteiger partial charge in [0.25, 0.3) is 0 Å². The lowest BCUT2D eigenvalue weighted by Gasteiger charge is -2.23. The van der Waals surface area contributed by atoms with E-state index in [1.54, 1.807) is 4.90 Å². The number of hydrogen-bond acceptors (Lipinski definition) is 4. The highest BCUT2D eigenvalue weighted by Crippen LogP contribution is 2.15. The van der Waals surface area contributed by atoms with Gasteiger partial charge in [-0.15, -0.1) is 0 Å². The van der Waals surface area contributed by atoms with E-state index >= 15 is 0 Å². The summed E-state index contributed by atoms with van der Waals surface area (Å²) in [5, 5.41) is 17.6. The number of unbranched alkanes of at least 4 members (excludes halogenated alkanes) is 7. The molecule has 140 valence electrons. The Morgan fingerprint density at radius 2 is 1.33 bits per heavy atom. The zero-order valence-electron chi connectivity index (χ0n) is 14.7. The predicted molar refractivity (Wildman–Crippen MR) is 104 cm³/mol. The first-order chi connectivity index (χ1) is 11.5. The number of carbonyl (C=O) groups is 2. The molecule has 0 spiro atoms. The second-order valence-electron chi connectivity index (χ2n) is 5.86. The van der Waals surface area contributed by atoms with Gasteiger partial charge < -0.3 is 15.1 Å². The zero-order chi connectivity index (χ0) is 18.2. The summed E-state index contributed by atoms with van der Waals surface area (Å²) in [6.07, 6.45) is 10.00. The van der Waals surface area contributed by atoms with Crippen LogP contribution < -0.4 is 0 Å². The van der Waals surface area contributed by atoms with Crippen molar-refractivity contribution in [2.75, 3.05) is 18.8 Å². The summed E-state index contributed by atoms with van der Waals surface area (Å²) >= 11 is 6.86. The highest BCUT2D eigenvalue weighted by Gasteiger charge is 2.13. The predicted octanol–water partition coefficient (Wildman–Crippen LogP) is 4.40. The maximum atomic E-state index is 10.7. The van der Waals surface area contributed by atoms with Crippen LogP contribution in [0.3, 0.4) is 0 Å². The van der Waals surface area contributed by atoms with Crippen molar-refractivity contribution in [2.24, 2.45) is 0 Å². The van der Waals surface area contributed by atoms with Gasteiger partial charge in [0.1, 0.15) is 4.32 Å². The fraction of sp³-hybridized carbons (Fsp3) is 0.824. The number of carboxylic acid groups (broad SMARTS) is 2. The van der Waals surface area contributed by atoms with Crippen LogP contribution in [0.5, 0.6) is 0 Å². The first-order valence-corrected chi connectivity index (χ1v) is 10.2. The lowest BCUT2D eigenvalue weighted by molar-refractivity contribution is -0.137. The molecule has 0 aliphatic carbocycles. The lowest BCUT2D eigenvalue weighted by Crippen LogP contribution is -2.32. The summed E-state index contributed by atoms with van der Waals surface area (Å²) in [6, 6.07) is 0. The quantitative estimate of drug-likeness (QED) is 0.323. The standard InChI is InChI=1S/C17H31NO4S2/c1-2-3-4-5-6-7-8-9-14-24-17(23)18(12-10-15(19)20)13-11-16(21)22/h2-14H2,1H3,(H,19,20)(H,21,22). The Balaban J connectivity index is 3.87. The molecule has 0 aliphatic rings. The maximum absolute atomic E-state index is 10.7. The van der Waals surface area contributed by atoms with Crippen molar-refractivity contribution in [3.8, 4) is 0 Å². The Hall–Kier alpha value is -0.820. The SMILES string of the molecule is CCCCCCCCCCSC(=S)N(CCC(=O)O)CCC(=O)O. The summed E-state index contributed by atoms with van der Waals surface area (Å²) in [5.41, 5.74) is 0. The lowest BCUT2D eigenvalue weighted by atomic mass is 10.1. The van der Waals surface area contributed by atoms with Crippen LogP contribution in [0.4, 0.5) is 0 Å². The van der Waals surface area contributed by atoms with E-state index in [2.05, 4.69) is 6.92 Å². The Morgan fingerprint density at radius 1 is 0.875 bits per heavy atom. The normalized spacial score (nSPS) is 10.5. The molecule has 0 atom stereocenters. The monoisotopic (exact) mass is 377 g/mol. The molecule has 0 saturated carbocycles. The highest BCUT2D eigenvalue weighted by atomic mass is 32.2. The summed E-state index contributed by atoms with van der Waals surface area (Å²) in [4.78, 5) is 23.1. The zero-order valence-corrected chi connectivity index (χ0v) is 16.3. The first kappa shape index (κ1) is 23.2. The Morgan fingerprint density at radius 3 is 1.79 bits per heavy atom. The number of thiocarbonyl (C=S) groups is 1. The second kappa shape index (κ2) is 15.7. The molecule has 0 unspecified atom stereocenters. The van der Waals surface area contributed by atoms with Crippen LogP contribution in [0.15, 0.2) is 0 Å². The van der Waals surface area contributed by atoms with Gasteiger partial charge in [-0.25, -0.2) is 0 Å². The molecule has 0 rings (SSSR count). The van der Waals surface area contributed by atoms with E-state index < -0.39 is 11.9 Å². The molecule has 0 saturated heterocycles. The van der Waals surface area contributed by atoms with E-state index in [9.17, 15) is 9.59 Å². The number of rotatable bonds is 15. The van der Waals surface area contributed by atoms with E-state index in [0.717, 1.165) is 12.2 Å². The molecule has 0 heterocycles. The van der Waals surface area contributed by atoms with Crippen molar-refractivity contribution >= 4 is 40.2 Å². The maximum Gasteiger partial charge on any atom is 0.305 e. The molecule has 0 aliphatic heterocycles. The van der Waals surface area contributed by atoms with E-state index in [1.165, 1.54) is 56.7 Å². The third kappa shape index (κ3) is 14.8. The second-order valence-corrected chi connectivity index (χ2v) is 7.59. The topological polar surface area (TPSA) is 77.8 Å². The molecule has 7 heteroatoms. The van der Waals surface area contributed by atoms with Gasteiger partial charge in [-0.05, 0) is 6.42 Å². The molecule has 0 aromatic rings. The Bertz CT molecular complexity index is 360. The fourth-order valence-corrected chi connectivity index (χ4v) is 3.56.